The predicted molar refractivity (Wildman–Crippen MR) is 125 cm³/mol. The average molecular weight is 494 g/mol. The third-order valence-electron chi connectivity index (χ3n) is 5.21. The molecule has 0 fully saturated rings. The first-order valence-electron chi connectivity index (χ1n) is 10.7. The first kappa shape index (κ1) is 25.6. The van der Waals surface area contributed by atoms with Crippen LogP contribution in [0, 0.1) is 13.8 Å². The van der Waals surface area contributed by atoms with Crippen molar-refractivity contribution in [3.05, 3.63) is 63.5 Å². The molecule has 1 aromatic heterocycles. The van der Waals surface area contributed by atoms with Gasteiger partial charge in [-0.1, -0.05) is 18.2 Å². The van der Waals surface area contributed by atoms with Crippen molar-refractivity contribution >= 4 is 17.3 Å². The van der Waals surface area contributed by atoms with Gasteiger partial charge >= 0.3 is 12.1 Å². The van der Waals surface area contributed by atoms with Gasteiger partial charge in [0.25, 0.3) is 0 Å². The molecule has 0 saturated carbocycles. The summed E-state index contributed by atoms with van der Waals surface area (Å²) in [5, 5.41) is 11.6. The van der Waals surface area contributed by atoms with E-state index in [1.807, 2.05) is 13.8 Å². The van der Waals surface area contributed by atoms with Crippen molar-refractivity contribution in [3.63, 3.8) is 0 Å². The summed E-state index contributed by atoms with van der Waals surface area (Å²) < 4.78 is 51.4. The summed E-state index contributed by atoms with van der Waals surface area (Å²) in [6.07, 6.45) is -3.23. The fraction of sp³-hybridized carbons (Fsp3) is 0.360. The molecule has 182 valence electrons. The number of alkyl halides is 3. The Labute approximate surface area is 200 Å². The molecule has 0 aliphatic carbocycles. The fourth-order valence-electron chi connectivity index (χ4n) is 3.26. The van der Waals surface area contributed by atoms with Gasteiger partial charge in [0, 0.05) is 17.4 Å². The number of halogens is 3. The van der Waals surface area contributed by atoms with E-state index in [1.165, 1.54) is 37.3 Å². The Hall–Kier alpha value is -3.07. The maximum Gasteiger partial charge on any atom is 0.417 e. The molecule has 3 rings (SSSR count). The van der Waals surface area contributed by atoms with Crippen molar-refractivity contribution < 1.29 is 32.5 Å². The first-order chi connectivity index (χ1) is 15.9. The van der Waals surface area contributed by atoms with Gasteiger partial charge in [0.05, 0.1) is 22.9 Å². The highest BCUT2D eigenvalue weighted by molar-refractivity contribution is 7.09. The maximum absolute atomic E-state index is 13.3. The Balaban J connectivity index is 1.60. The molecule has 0 atom stereocenters. The van der Waals surface area contributed by atoms with E-state index in [1.54, 1.807) is 23.6 Å². The van der Waals surface area contributed by atoms with Crippen LogP contribution in [0.4, 0.5) is 13.2 Å². The number of aromatic nitrogens is 1. The molecule has 1 heterocycles. The van der Waals surface area contributed by atoms with E-state index >= 15 is 0 Å². The van der Waals surface area contributed by atoms with Crippen LogP contribution in [-0.4, -0.2) is 28.3 Å². The molecule has 0 aliphatic rings. The number of hydrogen-bond donors (Lipinski definition) is 1. The van der Waals surface area contributed by atoms with Gasteiger partial charge in [-0.2, -0.15) is 13.2 Å². The van der Waals surface area contributed by atoms with E-state index < -0.39 is 23.3 Å². The summed E-state index contributed by atoms with van der Waals surface area (Å²) >= 11 is 1.33. The second-order valence-electron chi connectivity index (χ2n) is 8.42. The number of ether oxygens (including phenoxy) is 2. The summed E-state index contributed by atoms with van der Waals surface area (Å²) in [4.78, 5) is 15.7. The van der Waals surface area contributed by atoms with Crippen LogP contribution >= 0.6 is 11.3 Å². The number of carboxylic acids is 1. The smallest absolute Gasteiger partial charge is 0.417 e. The minimum atomic E-state index is -4.44. The molecule has 0 unspecified atom stereocenters. The van der Waals surface area contributed by atoms with Crippen molar-refractivity contribution in [2.24, 2.45) is 0 Å². The fourth-order valence-corrected chi connectivity index (χ4v) is 4.10. The van der Waals surface area contributed by atoms with Crippen LogP contribution in [0.2, 0.25) is 0 Å². The maximum atomic E-state index is 13.3. The highest BCUT2D eigenvalue weighted by Crippen LogP contribution is 2.37. The summed E-state index contributed by atoms with van der Waals surface area (Å²) in [6.45, 7) is 7.03. The molecule has 0 aliphatic heterocycles. The van der Waals surface area contributed by atoms with E-state index in [0.29, 0.717) is 36.6 Å². The number of rotatable bonds is 9. The molecular weight excluding hydrogens is 467 g/mol. The third kappa shape index (κ3) is 6.08. The number of hydrogen-bond acceptors (Lipinski definition) is 5. The van der Waals surface area contributed by atoms with E-state index in [4.69, 9.17) is 9.47 Å². The van der Waals surface area contributed by atoms with Crippen molar-refractivity contribution in [2.75, 3.05) is 6.61 Å². The highest BCUT2D eigenvalue weighted by atomic mass is 32.1. The highest BCUT2D eigenvalue weighted by Gasteiger charge is 2.34. The Kier molecular flexibility index (Phi) is 7.55. The number of aliphatic carboxylic acids is 1. The molecule has 0 spiro atoms. The third-order valence-corrected chi connectivity index (χ3v) is 6.11. The van der Waals surface area contributed by atoms with Crippen LogP contribution in [-0.2, 0) is 17.4 Å². The number of carboxylic acid groups (broad SMARTS) is 1. The molecule has 0 saturated heterocycles. The first-order valence-corrected chi connectivity index (χ1v) is 11.5. The van der Waals surface area contributed by atoms with Crippen LogP contribution < -0.4 is 9.47 Å². The van der Waals surface area contributed by atoms with Crippen LogP contribution in [0.5, 0.6) is 11.5 Å². The zero-order valence-electron chi connectivity index (χ0n) is 19.3. The second-order valence-corrected chi connectivity index (χ2v) is 9.37. The molecule has 2 aromatic carbocycles. The van der Waals surface area contributed by atoms with Crippen molar-refractivity contribution in [1.82, 2.24) is 4.98 Å². The predicted octanol–water partition coefficient (Wildman–Crippen LogP) is 6.70. The van der Waals surface area contributed by atoms with Crippen molar-refractivity contribution in [2.45, 2.75) is 52.3 Å². The lowest BCUT2D eigenvalue weighted by atomic mass is 10.1. The van der Waals surface area contributed by atoms with Gasteiger partial charge in [0.1, 0.15) is 11.5 Å². The molecule has 9 heteroatoms. The summed E-state index contributed by atoms with van der Waals surface area (Å²) in [6, 6.07) is 8.98. The second kappa shape index (κ2) is 10.0. The normalized spacial score (nSPS) is 12.0. The Morgan fingerprint density at radius 3 is 2.41 bits per heavy atom. The minimum Gasteiger partial charge on any atom is -0.493 e. The number of thiazole rings is 1. The number of carbonyl (C=O) groups is 1. The molecule has 0 bridgehead atoms. The lowest BCUT2D eigenvalue weighted by Crippen LogP contribution is -2.38. The molecule has 1 N–H and O–H groups in total. The molecule has 0 radical (unpaired) electrons. The summed E-state index contributed by atoms with van der Waals surface area (Å²) in [7, 11) is 0. The van der Waals surface area contributed by atoms with Gasteiger partial charge in [-0.05, 0) is 63.4 Å². The summed E-state index contributed by atoms with van der Waals surface area (Å²) in [5.74, 6) is 0.0840. The monoisotopic (exact) mass is 493 g/mol. The Morgan fingerprint density at radius 1 is 1.09 bits per heavy atom. The Bertz CT molecular complexity index is 1170. The van der Waals surface area contributed by atoms with Crippen LogP contribution in [0.3, 0.4) is 0 Å². The minimum absolute atomic E-state index is 0.0771. The lowest BCUT2D eigenvalue weighted by molar-refractivity contribution is -0.152. The van der Waals surface area contributed by atoms with Gasteiger partial charge < -0.3 is 14.6 Å². The molecule has 5 nitrogen and oxygen atoms in total. The quantitative estimate of drug-likeness (QED) is 0.336. The van der Waals surface area contributed by atoms with Gasteiger partial charge in [0.15, 0.2) is 5.60 Å². The summed E-state index contributed by atoms with van der Waals surface area (Å²) in [5.41, 5.74) is -0.0919. The zero-order valence-corrected chi connectivity index (χ0v) is 20.1. The zero-order chi connectivity index (χ0) is 25.1. The Morgan fingerprint density at radius 2 is 1.74 bits per heavy atom. The van der Waals surface area contributed by atoms with Gasteiger partial charge in [0.2, 0.25) is 0 Å². The number of aryl methyl sites for hydroxylation is 3. The van der Waals surface area contributed by atoms with Crippen LogP contribution in [0.25, 0.3) is 11.3 Å². The van der Waals surface area contributed by atoms with E-state index in [0.717, 1.165) is 22.2 Å². The topological polar surface area (TPSA) is 68.7 Å². The van der Waals surface area contributed by atoms with Crippen molar-refractivity contribution in [3.8, 4) is 22.8 Å². The molecule has 0 amide bonds. The van der Waals surface area contributed by atoms with Crippen LogP contribution in [0.1, 0.15) is 42.0 Å². The number of nitrogens with zero attached hydrogens (tertiary/aromatic N) is 1. The van der Waals surface area contributed by atoms with Gasteiger partial charge in [-0.25, -0.2) is 9.78 Å². The van der Waals surface area contributed by atoms with E-state index in [-0.39, 0.29) is 5.56 Å². The number of benzene rings is 2. The van der Waals surface area contributed by atoms with Gasteiger partial charge in [-0.15, -0.1) is 11.3 Å². The van der Waals surface area contributed by atoms with Crippen molar-refractivity contribution in [1.29, 1.82) is 0 Å². The largest absolute Gasteiger partial charge is 0.493 e. The van der Waals surface area contributed by atoms with Crippen LogP contribution in [0.15, 0.2) is 41.8 Å². The van der Waals surface area contributed by atoms with E-state index in [2.05, 4.69) is 4.98 Å². The SMILES string of the molecule is Cc1cc(OC(C)(C)C(=O)O)c(C)cc1OCCCc1nc(-c2ccccc2C(F)(F)F)cs1. The molecule has 3 aromatic rings. The van der Waals surface area contributed by atoms with Gasteiger partial charge in [-0.3, -0.25) is 0 Å². The average Bonchev–Trinajstić information content (AvgIpc) is 3.22. The standard InChI is InChI=1S/C25H26F3NO4S/c1-15-13-21(33-24(3,4)23(30)31)16(2)12-20(15)32-11-7-10-22-29-19(14-34-22)17-8-5-6-9-18(17)25(26,27)28/h5-6,8-9,12-14H,7,10-11H2,1-4H3,(H,30,31). The lowest BCUT2D eigenvalue weighted by Gasteiger charge is -2.23. The van der Waals surface area contributed by atoms with E-state index in [9.17, 15) is 23.1 Å². The molecular formula is C25H26F3NO4S. The molecule has 34 heavy (non-hydrogen) atoms.